The summed E-state index contributed by atoms with van der Waals surface area (Å²) in [6.45, 7) is 1.61. The second kappa shape index (κ2) is 5.77. The number of hydrogen-bond donors (Lipinski definition) is 1. The van der Waals surface area contributed by atoms with Gasteiger partial charge in [-0.1, -0.05) is 0 Å². The summed E-state index contributed by atoms with van der Waals surface area (Å²) < 4.78 is 33.0. The van der Waals surface area contributed by atoms with Crippen LogP contribution in [-0.2, 0) is 4.74 Å². The highest BCUT2D eigenvalue weighted by Gasteiger charge is 2.42. The van der Waals surface area contributed by atoms with Crippen molar-refractivity contribution >= 4 is 0 Å². The number of ether oxygens (including phenoxy) is 1. The zero-order chi connectivity index (χ0) is 13.3. The minimum atomic E-state index is -1.20. The summed E-state index contributed by atoms with van der Waals surface area (Å²) in [5.74, 6) is -0.573. The van der Waals surface area contributed by atoms with Gasteiger partial charge in [0.15, 0.2) is 0 Å². The van der Waals surface area contributed by atoms with Crippen molar-refractivity contribution in [2.24, 2.45) is 11.8 Å². The Bertz CT molecular complexity index is 283. The van der Waals surface area contributed by atoms with Crippen LogP contribution in [0.5, 0.6) is 0 Å². The van der Waals surface area contributed by atoms with Crippen LogP contribution in [0.2, 0.25) is 0 Å². The minimum Gasteiger partial charge on any atom is -0.396 e. The molecule has 1 unspecified atom stereocenters. The van der Waals surface area contributed by atoms with Gasteiger partial charge in [0, 0.05) is 31.5 Å². The predicted octanol–water partition coefficient (Wildman–Crippen LogP) is 0.121. The molecule has 1 N–H and O–H groups in total. The zero-order valence-corrected chi connectivity index (χ0v) is 10.9. The van der Waals surface area contributed by atoms with Crippen LogP contribution >= 0.6 is 0 Å². The molecule has 0 saturated carbocycles. The molecule has 0 aliphatic carbocycles. The van der Waals surface area contributed by atoms with Crippen molar-refractivity contribution in [3.8, 4) is 0 Å². The first-order valence-electron chi connectivity index (χ1n) is 6.42. The van der Waals surface area contributed by atoms with E-state index < -0.39 is 24.5 Å². The van der Waals surface area contributed by atoms with Gasteiger partial charge in [-0.15, -0.1) is 0 Å². The van der Waals surface area contributed by atoms with Crippen LogP contribution in [0.15, 0.2) is 0 Å². The quantitative estimate of drug-likeness (QED) is 0.782. The van der Waals surface area contributed by atoms with E-state index in [2.05, 4.69) is 0 Å². The fourth-order valence-electron chi connectivity index (χ4n) is 2.84. The molecule has 5 atom stereocenters. The van der Waals surface area contributed by atoms with Gasteiger partial charge < -0.3 is 14.7 Å². The third-order valence-electron chi connectivity index (χ3n) is 3.94. The normalized spacial score (nSPS) is 42.8. The molecule has 2 fully saturated rings. The lowest BCUT2D eigenvalue weighted by Crippen LogP contribution is -2.36. The topological polar surface area (TPSA) is 35.9 Å². The maximum Gasteiger partial charge on any atom is 0.146 e. The van der Waals surface area contributed by atoms with Gasteiger partial charge in [-0.2, -0.15) is 0 Å². The van der Waals surface area contributed by atoms with E-state index in [-0.39, 0.29) is 19.1 Å². The number of hydrogen-bond acceptors (Lipinski definition) is 4. The van der Waals surface area contributed by atoms with E-state index in [0.717, 1.165) is 0 Å². The van der Waals surface area contributed by atoms with Crippen molar-refractivity contribution < 1.29 is 18.6 Å². The Morgan fingerprint density at radius 1 is 1.17 bits per heavy atom. The zero-order valence-electron chi connectivity index (χ0n) is 10.9. The summed E-state index contributed by atoms with van der Waals surface area (Å²) in [6, 6.07) is 0. The molecular formula is C12H22F2N2O2. The smallest absolute Gasteiger partial charge is 0.146 e. The summed E-state index contributed by atoms with van der Waals surface area (Å²) in [5, 5.41) is 9.04. The van der Waals surface area contributed by atoms with Crippen molar-refractivity contribution in [3.63, 3.8) is 0 Å². The Balaban J connectivity index is 1.83. The molecule has 0 aromatic carbocycles. The van der Waals surface area contributed by atoms with Gasteiger partial charge in [0.25, 0.3) is 0 Å². The van der Waals surface area contributed by atoms with Gasteiger partial charge in [0.1, 0.15) is 18.6 Å². The summed E-state index contributed by atoms with van der Waals surface area (Å²) in [4.78, 5) is 3.66. The maximum absolute atomic E-state index is 13.9. The first-order valence-corrected chi connectivity index (χ1v) is 6.42. The Morgan fingerprint density at radius 3 is 2.39 bits per heavy atom. The van der Waals surface area contributed by atoms with Crippen LogP contribution in [0, 0.1) is 11.8 Å². The minimum absolute atomic E-state index is 0.177. The first-order chi connectivity index (χ1) is 8.52. The second-order valence-electron chi connectivity index (χ2n) is 5.55. The van der Waals surface area contributed by atoms with Crippen LogP contribution in [0.3, 0.4) is 0 Å². The number of nitrogens with zero attached hydrogens (tertiary/aromatic N) is 2. The molecule has 0 amide bonds. The van der Waals surface area contributed by atoms with Gasteiger partial charge in [0.05, 0.1) is 13.2 Å². The third kappa shape index (κ3) is 2.82. The van der Waals surface area contributed by atoms with Crippen LogP contribution in [-0.4, -0.2) is 80.4 Å². The Labute approximate surface area is 107 Å². The molecule has 0 aromatic rings. The van der Waals surface area contributed by atoms with E-state index in [4.69, 9.17) is 9.84 Å². The summed E-state index contributed by atoms with van der Waals surface area (Å²) in [5.41, 5.74) is 0. The van der Waals surface area contributed by atoms with Gasteiger partial charge in [-0.3, -0.25) is 4.90 Å². The van der Waals surface area contributed by atoms with Crippen molar-refractivity contribution in [3.05, 3.63) is 0 Å². The van der Waals surface area contributed by atoms with Gasteiger partial charge in [-0.05, 0) is 14.1 Å². The SMILES string of the molecule is CN1C[C@H](COC2[C@H](F)[C@H](CO)CN2C)[C@H](F)C1. The van der Waals surface area contributed by atoms with Crippen molar-refractivity contribution in [2.45, 2.75) is 18.6 Å². The lowest BCUT2D eigenvalue weighted by molar-refractivity contribution is -0.0767. The maximum atomic E-state index is 13.9. The summed E-state index contributed by atoms with van der Waals surface area (Å²) in [6.07, 6.45) is -2.74. The molecule has 4 nitrogen and oxygen atoms in total. The fourth-order valence-corrected chi connectivity index (χ4v) is 2.84. The molecule has 2 saturated heterocycles. The molecular weight excluding hydrogens is 242 g/mol. The van der Waals surface area contributed by atoms with E-state index in [1.165, 1.54) is 0 Å². The molecule has 18 heavy (non-hydrogen) atoms. The third-order valence-corrected chi connectivity index (χ3v) is 3.94. The van der Waals surface area contributed by atoms with Crippen molar-refractivity contribution in [1.29, 1.82) is 0 Å². The van der Waals surface area contributed by atoms with Crippen LogP contribution in [0.25, 0.3) is 0 Å². The van der Waals surface area contributed by atoms with E-state index in [1.807, 2.05) is 11.9 Å². The Kier molecular flexibility index (Phi) is 4.53. The molecule has 2 aliphatic heterocycles. The van der Waals surface area contributed by atoms with Crippen molar-refractivity contribution in [2.75, 3.05) is 46.9 Å². The van der Waals surface area contributed by atoms with Crippen LogP contribution < -0.4 is 0 Å². The second-order valence-corrected chi connectivity index (χ2v) is 5.55. The average Bonchev–Trinajstić information content (AvgIpc) is 2.77. The predicted molar refractivity (Wildman–Crippen MR) is 63.7 cm³/mol. The first kappa shape index (κ1) is 14.1. The number of rotatable bonds is 4. The van der Waals surface area contributed by atoms with Gasteiger partial charge in [-0.25, -0.2) is 8.78 Å². The monoisotopic (exact) mass is 264 g/mol. The van der Waals surface area contributed by atoms with Crippen LogP contribution in [0.4, 0.5) is 8.78 Å². The Morgan fingerprint density at radius 2 is 1.89 bits per heavy atom. The Hall–Kier alpha value is -0.300. The van der Waals surface area contributed by atoms with E-state index >= 15 is 0 Å². The highest BCUT2D eigenvalue weighted by atomic mass is 19.1. The molecule has 2 heterocycles. The molecule has 0 aromatic heterocycles. The van der Waals surface area contributed by atoms with Gasteiger partial charge in [0.2, 0.25) is 0 Å². The van der Waals surface area contributed by atoms with Crippen LogP contribution in [0.1, 0.15) is 0 Å². The van der Waals surface area contributed by atoms with Gasteiger partial charge >= 0.3 is 0 Å². The summed E-state index contributed by atoms with van der Waals surface area (Å²) >= 11 is 0. The van der Waals surface area contributed by atoms with E-state index in [0.29, 0.717) is 19.6 Å². The number of halogens is 2. The molecule has 106 valence electrons. The molecule has 2 aliphatic rings. The summed E-state index contributed by atoms with van der Waals surface area (Å²) in [7, 11) is 3.63. The fraction of sp³-hybridized carbons (Fsp3) is 1.00. The molecule has 2 rings (SSSR count). The number of aliphatic hydroxyl groups is 1. The standard InChI is InChI=1S/C12H22F2N2O2/c1-15-3-9(10(13)5-15)7-18-12-11(14)8(6-17)4-16(12)2/h8-12,17H,3-7H2,1-2H3/t8-,9+,10+,11+,12?/m0/s1. The van der Waals surface area contributed by atoms with E-state index in [1.54, 1.807) is 11.9 Å². The number of aliphatic hydroxyl groups excluding tert-OH is 1. The van der Waals surface area contributed by atoms with E-state index in [9.17, 15) is 8.78 Å². The highest BCUT2D eigenvalue weighted by molar-refractivity contribution is 4.88. The molecule has 0 radical (unpaired) electrons. The molecule has 6 heteroatoms. The molecule has 0 bridgehead atoms. The largest absolute Gasteiger partial charge is 0.396 e. The number of alkyl halides is 2. The number of likely N-dealkylation sites (tertiary alicyclic amines) is 2. The lowest BCUT2D eigenvalue weighted by Gasteiger charge is -2.23. The van der Waals surface area contributed by atoms with Crippen molar-refractivity contribution in [1.82, 2.24) is 9.80 Å². The highest BCUT2D eigenvalue weighted by Crippen LogP contribution is 2.27. The lowest BCUT2D eigenvalue weighted by atomic mass is 10.1. The average molecular weight is 264 g/mol. The molecule has 0 spiro atoms.